The summed E-state index contributed by atoms with van der Waals surface area (Å²) in [6, 6.07) is 4.39. The maximum Gasteiger partial charge on any atom is 0.391 e. The average Bonchev–Trinajstić information content (AvgIpc) is 2.44. The second-order valence-electron chi connectivity index (χ2n) is 5.03. The van der Waals surface area contributed by atoms with Crippen molar-refractivity contribution in [1.29, 1.82) is 0 Å². The highest BCUT2D eigenvalue weighted by molar-refractivity contribution is 5.87. The molecule has 1 heterocycles. The molecular weight excluding hydrogens is 319 g/mol. The second kappa shape index (κ2) is 6.35. The summed E-state index contributed by atoms with van der Waals surface area (Å²) in [5.74, 6) is -2.10. The molecule has 0 saturated carbocycles. The number of para-hydroxylation sites is 2. The number of benzene rings is 1. The fraction of sp³-hybridized carbons (Fsp3) is 0.429. The number of rotatable bonds is 4. The Morgan fingerprint density at radius 3 is 2.35 bits per heavy atom. The summed E-state index contributed by atoms with van der Waals surface area (Å²) in [6.45, 7) is 1.50. The fourth-order valence-corrected chi connectivity index (χ4v) is 2.09. The highest BCUT2D eigenvalue weighted by Gasteiger charge is 2.40. The number of hydrogen-bond donors (Lipinski definition) is 2. The van der Waals surface area contributed by atoms with Crippen molar-refractivity contribution in [2.45, 2.75) is 37.8 Å². The van der Waals surface area contributed by atoms with Crippen molar-refractivity contribution in [3.8, 4) is 11.5 Å². The predicted octanol–water partition coefficient (Wildman–Crippen LogP) is 1.74. The van der Waals surface area contributed by atoms with Gasteiger partial charge in [-0.25, -0.2) is 4.79 Å². The molecule has 1 aliphatic heterocycles. The van der Waals surface area contributed by atoms with Crippen LogP contribution >= 0.6 is 0 Å². The van der Waals surface area contributed by atoms with Gasteiger partial charge in [0.15, 0.2) is 11.5 Å². The molecule has 1 aromatic rings. The van der Waals surface area contributed by atoms with Crippen molar-refractivity contribution in [2.24, 2.45) is 0 Å². The zero-order valence-electron chi connectivity index (χ0n) is 12.0. The Hall–Kier alpha value is -2.45. The minimum atomic E-state index is -4.72. The zero-order chi connectivity index (χ0) is 17.2. The molecule has 1 amide bonds. The highest BCUT2D eigenvalue weighted by Crippen LogP contribution is 2.33. The van der Waals surface area contributed by atoms with Gasteiger partial charge in [-0.15, -0.1) is 0 Å². The number of aliphatic carboxylic acids is 1. The largest absolute Gasteiger partial charge is 0.482 e. The van der Waals surface area contributed by atoms with Crippen LogP contribution in [0.5, 0.6) is 11.5 Å². The number of amides is 1. The molecule has 2 rings (SSSR count). The molecule has 2 N–H and O–H groups in total. The van der Waals surface area contributed by atoms with Crippen molar-refractivity contribution >= 4 is 11.9 Å². The van der Waals surface area contributed by atoms with E-state index in [1.807, 2.05) is 5.32 Å². The molecule has 9 heteroatoms. The lowest BCUT2D eigenvalue weighted by Crippen LogP contribution is -2.54. The third-order valence-electron chi connectivity index (χ3n) is 3.15. The van der Waals surface area contributed by atoms with Crippen molar-refractivity contribution in [3.63, 3.8) is 0 Å². The molecule has 0 spiro atoms. The van der Waals surface area contributed by atoms with Crippen LogP contribution in [0.25, 0.3) is 0 Å². The Labute approximate surface area is 129 Å². The number of carboxylic acid groups (broad SMARTS) is 1. The molecule has 126 valence electrons. The molecule has 1 aromatic carbocycles. The van der Waals surface area contributed by atoms with Gasteiger partial charge in [0.1, 0.15) is 12.1 Å². The monoisotopic (exact) mass is 333 g/mol. The van der Waals surface area contributed by atoms with Gasteiger partial charge < -0.3 is 19.9 Å². The van der Waals surface area contributed by atoms with Crippen LogP contribution in [-0.4, -0.2) is 41.4 Å². The topological polar surface area (TPSA) is 84.9 Å². The zero-order valence-corrected chi connectivity index (χ0v) is 12.0. The van der Waals surface area contributed by atoms with E-state index in [0.29, 0.717) is 5.75 Å². The summed E-state index contributed by atoms with van der Waals surface area (Å²) in [7, 11) is 0. The number of nitrogens with one attached hydrogen (secondary N) is 1. The van der Waals surface area contributed by atoms with E-state index in [9.17, 15) is 22.8 Å². The van der Waals surface area contributed by atoms with Crippen LogP contribution in [0.4, 0.5) is 13.2 Å². The molecule has 0 fully saturated rings. The van der Waals surface area contributed by atoms with Crippen molar-refractivity contribution in [2.75, 3.05) is 0 Å². The first-order chi connectivity index (χ1) is 10.7. The molecule has 0 radical (unpaired) electrons. The van der Waals surface area contributed by atoms with E-state index < -0.39 is 42.7 Å². The standard InChI is InChI=1S/C14H14F3NO5/c1-7-11(23-10-5-3-2-4-9(10)22-7)12(19)18-8(13(20)21)6-14(15,16)17/h2-5,7-8,11H,6H2,1H3,(H,18,19)(H,20,21). The Morgan fingerprint density at radius 2 is 1.83 bits per heavy atom. The van der Waals surface area contributed by atoms with Gasteiger partial charge in [0.05, 0.1) is 6.42 Å². The SMILES string of the molecule is CC1Oc2ccccc2OC1C(=O)NC(CC(F)(F)F)C(=O)O. The van der Waals surface area contributed by atoms with Crippen LogP contribution < -0.4 is 14.8 Å². The van der Waals surface area contributed by atoms with Gasteiger partial charge in [-0.2, -0.15) is 13.2 Å². The Balaban J connectivity index is 2.09. The molecule has 0 aliphatic carbocycles. The minimum Gasteiger partial charge on any atom is -0.482 e. The van der Waals surface area contributed by atoms with Gasteiger partial charge in [0.2, 0.25) is 6.10 Å². The Morgan fingerprint density at radius 1 is 1.26 bits per heavy atom. The number of ether oxygens (including phenoxy) is 2. The summed E-state index contributed by atoms with van der Waals surface area (Å²) in [5.41, 5.74) is 0. The van der Waals surface area contributed by atoms with Gasteiger partial charge in [0.25, 0.3) is 5.91 Å². The van der Waals surface area contributed by atoms with Crippen LogP contribution in [0.2, 0.25) is 0 Å². The summed E-state index contributed by atoms with van der Waals surface area (Å²) in [5, 5.41) is 10.7. The predicted molar refractivity (Wildman–Crippen MR) is 71.2 cm³/mol. The molecule has 6 nitrogen and oxygen atoms in total. The van der Waals surface area contributed by atoms with E-state index in [4.69, 9.17) is 14.6 Å². The van der Waals surface area contributed by atoms with E-state index in [2.05, 4.69) is 0 Å². The van der Waals surface area contributed by atoms with E-state index in [1.165, 1.54) is 13.0 Å². The number of carbonyl (C=O) groups is 2. The summed E-state index contributed by atoms with van der Waals surface area (Å²) < 4.78 is 47.9. The molecule has 0 aromatic heterocycles. The van der Waals surface area contributed by atoms with Crippen molar-refractivity contribution in [3.05, 3.63) is 24.3 Å². The Kier molecular flexibility index (Phi) is 4.67. The lowest BCUT2D eigenvalue weighted by atomic mass is 10.1. The first-order valence-corrected chi connectivity index (χ1v) is 6.69. The number of alkyl halides is 3. The highest BCUT2D eigenvalue weighted by atomic mass is 19.4. The molecule has 1 aliphatic rings. The van der Waals surface area contributed by atoms with E-state index in [1.54, 1.807) is 18.2 Å². The third-order valence-corrected chi connectivity index (χ3v) is 3.15. The first-order valence-electron chi connectivity index (χ1n) is 6.69. The maximum atomic E-state index is 12.4. The maximum absolute atomic E-state index is 12.4. The molecule has 0 saturated heterocycles. The normalized spacial score (nSPS) is 21.4. The van der Waals surface area contributed by atoms with Crippen molar-refractivity contribution in [1.82, 2.24) is 5.32 Å². The van der Waals surface area contributed by atoms with Gasteiger partial charge in [-0.05, 0) is 19.1 Å². The number of halogens is 3. The lowest BCUT2D eigenvalue weighted by Gasteiger charge is -2.31. The molecule has 0 bridgehead atoms. The van der Waals surface area contributed by atoms with Gasteiger partial charge in [-0.1, -0.05) is 12.1 Å². The summed E-state index contributed by atoms with van der Waals surface area (Å²) >= 11 is 0. The fourth-order valence-electron chi connectivity index (χ4n) is 2.09. The van der Waals surface area contributed by atoms with Crippen LogP contribution in [0.3, 0.4) is 0 Å². The summed E-state index contributed by atoms with van der Waals surface area (Å²) in [4.78, 5) is 23.0. The smallest absolute Gasteiger partial charge is 0.391 e. The third kappa shape index (κ3) is 4.27. The quantitative estimate of drug-likeness (QED) is 0.877. The van der Waals surface area contributed by atoms with Crippen LogP contribution in [0.15, 0.2) is 24.3 Å². The van der Waals surface area contributed by atoms with Crippen LogP contribution in [-0.2, 0) is 9.59 Å². The van der Waals surface area contributed by atoms with Crippen molar-refractivity contribution < 1.29 is 37.3 Å². The van der Waals surface area contributed by atoms with Gasteiger partial charge >= 0.3 is 12.1 Å². The average molecular weight is 333 g/mol. The number of hydrogen-bond acceptors (Lipinski definition) is 4. The van der Waals surface area contributed by atoms with Crippen LogP contribution in [0.1, 0.15) is 13.3 Å². The Bertz CT molecular complexity index is 604. The molecule has 3 atom stereocenters. The van der Waals surface area contributed by atoms with Crippen LogP contribution in [0, 0.1) is 0 Å². The molecule has 23 heavy (non-hydrogen) atoms. The second-order valence-corrected chi connectivity index (χ2v) is 5.03. The van der Waals surface area contributed by atoms with E-state index >= 15 is 0 Å². The lowest BCUT2D eigenvalue weighted by molar-refractivity contribution is -0.161. The van der Waals surface area contributed by atoms with Gasteiger partial charge in [-0.3, -0.25) is 4.79 Å². The van der Waals surface area contributed by atoms with Gasteiger partial charge in [0, 0.05) is 0 Å². The van der Waals surface area contributed by atoms with E-state index in [0.717, 1.165) is 0 Å². The minimum absolute atomic E-state index is 0.258. The van der Waals surface area contributed by atoms with E-state index in [-0.39, 0.29) is 5.75 Å². The number of carbonyl (C=O) groups excluding carboxylic acids is 1. The molecule has 3 unspecified atom stereocenters. The molecular formula is C14H14F3NO5. The number of carboxylic acids is 1. The first kappa shape index (κ1) is 16.9. The number of fused-ring (bicyclic) bond motifs is 1. The summed E-state index contributed by atoms with van der Waals surface area (Å²) in [6.07, 6.45) is -8.43.